The van der Waals surface area contributed by atoms with Gasteiger partial charge >= 0.3 is 0 Å². The van der Waals surface area contributed by atoms with Gasteiger partial charge in [-0.05, 0) is 82.5 Å². The lowest BCUT2D eigenvalue weighted by Crippen LogP contribution is -2.09. The zero-order chi connectivity index (χ0) is 27.5. The van der Waals surface area contributed by atoms with Gasteiger partial charge in [0.2, 0.25) is 0 Å². The lowest BCUT2D eigenvalue weighted by atomic mass is 10.2. The molecule has 0 fully saturated rings. The summed E-state index contributed by atoms with van der Waals surface area (Å²) in [5.74, 6) is 1.55. The van der Waals surface area contributed by atoms with Crippen molar-refractivity contribution in [3.8, 4) is 11.5 Å². The molecule has 222 valence electrons. The second-order valence-electron chi connectivity index (χ2n) is 8.67. The van der Waals surface area contributed by atoms with Gasteiger partial charge in [0, 0.05) is 36.4 Å². The normalized spacial score (nSPS) is 11.3. The van der Waals surface area contributed by atoms with Crippen LogP contribution in [-0.4, -0.2) is 93.5 Å². The number of unbranched alkanes of at least 4 members (excludes halogenated alkanes) is 6. The summed E-state index contributed by atoms with van der Waals surface area (Å²) >= 11 is 7.14. The third-order valence-corrected chi connectivity index (χ3v) is 7.32. The minimum absolute atomic E-state index is 0.616. The first-order valence-corrected chi connectivity index (χ1v) is 15.3. The third kappa shape index (κ3) is 20.4. The minimum atomic E-state index is 0.616. The zero-order valence-electron chi connectivity index (χ0n) is 23.3. The van der Waals surface area contributed by atoms with E-state index in [0.29, 0.717) is 66.1 Å². The number of halogens is 2. The molecular formula is C28H48Br2O8. The lowest BCUT2D eigenvalue weighted by Gasteiger charge is -2.14. The van der Waals surface area contributed by atoms with Gasteiger partial charge in [-0.25, -0.2) is 0 Å². The zero-order valence-corrected chi connectivity index (χ0v) is 26.5. The van der Waals surface area contributed by atoms with E-state index in [1.807, 2.05) is 12.1 Å². The van der Waals surface area contributed by atoms with Gasteiger partial charge in [-0.15, -0.1) is 0 Å². The molecule has 0 aliphatic carbocycles. The molecule has 0 radical (unpaired) electrons. The van der Waals surface area contributed by atoms with Crippen LogP contribution < -0.4 is 9.47 Å². The van der Waals surface area contributed by atoms with Crippen molar-refractivity contribution in [2.75, 3.05) is 93.5 Å². The molecule has 10 heteroatoms. The van der Waals surface area contributed by atoms with Crippen molar-refractivity contribution >= 4 is 31.9 Å². The van der Waals surface area contributed by atoms with E-state index >= 15 is 0 Å². The number of ether oxygens (including phenoxy) is 8. The van der Waals surface area contributed by atoms with Gasteiger partial charge in [0.05, 0.1) is 66.1 Å². The topological polar surface area (TPSA) is 73.8 Å². The Morgan fingerprint density at radius 3 is 1.11 bits per heavy atom. The first-order valence-electron chi connectivity index (χ1n) is 13.7. The summed E-state index contributed by atoms with van der Waals surface area (Å²) in [7, 11) is 3.34. The number of methoxy groups -OCH3 is 2. The van der Waals surface area contributed by atoms with Crippen LogP contribution in [0, 0.1) is 0 Å². The van der Waals surface area contributed by atoms with Gasteiger partial charge in [-0.1, -0.05) is 12.8 Å². The molecule has 0 saturated carbocycles. The second-order valence-corrected chi connectivity index (χ2v) is 10.4. The van der Waals surface area contributed by atoms with Crippen molar-refractivity contribution < 1.29 is 37.9 Å². The molecule has 38 heavy (non-hydrogen) atoms. The Hall–Kier alpha value is -0.460. The third-order valence-electron chi connectivity index (χ3n) is 5.48. The van der Waals surface area contributed by atoms with Crippen LogP contribution in [0.15, 0.2) is 21.1 Å². The first-order chi connectivity index (χ1) is 18.7. The molecule has 0 heterocycles. The number of rotatable bonds is 28. The van der Waals surface area contributed by atoms with Crippen LogP contribution in [0.2, 0.25) is 0 Å². The van der Waals surface area contributed by atoms with Gasteiger partial charge in [-0.2, -0.15) is 0 Å². The average molecular weight is 672 g/mol. The molecule has 0 amide bonds. The predicted molar refractivity (Wildman–Crippen MR) is 157 cm³/mol. The van der Waals surface area contributed by atoms with E-state index in [1.54, 1.807) is 14.2 Å². The maximum absolute atomic E-state index is 6.06. The van der Waals surface area contributed by atoms with Crippen molar-refractivity contribution in [1.29, 1.82) is 0 Å². The second kappa shape index (κ2) is 26.7. The van der Waals surface area contributed by atoms with E-state index < -0.39 is 0 Å². The smallest absolute Gasteiger partial charge is 0.162 e. The molecule has 0 atom stereocenters. The first kappa shape index (κ1) is 35.6. The van der Waals surface area contributed by atoms with E-state index in [1.165, 1.54) is 0 Å². The fourth-order valence-corrected chi connectivity index (χ4v) is 3.99. The Balaban J connectivity index is 2.08. The molecule has 0 unspecified atom stereocenters. The van der Waals surface area contributed by atoms with Crippen LogP contribution in [0.4, 0.5) is 0 Å². The molecule has 0 aliphatic rings. The molecule has 0 aliphatic heterocycles. The quantitative estimate of drug-likeness (QED) is 0.0942. The van der Waals surface area contributed by atoms with Gasteiger partial charge < -0.3 is 37.9 Å². The molecule has 0 saturated heterocycles. The van der Waals surface area contributed by atoms with E-state index in [4.69, 9.17) is 37.9 Å². The van der Waals surface area contributed by atoms with Crippen LogP contribution >= 0.6 is 31.9 Å². The molecule has 0 N–H and O–H groups in total. The maximum atomic E-state index is 6.06. The molecule has 8 nitrogen and oxygen atoms in total. The van der Waals surface area contributed by atoms with Gasteiger partial charge in [0.25, 0.3) is 0 Å². The van der Waals surface area contributed by atoms with Crippen molar-refractivity contribution in [2.24, 2.45) is 0 Å². The fraction of sp³-hybridized carbons (Fsp3) is 0.786. The Labute approximate surface area is 246 Å². The maximum Gasteiger partial charge on any atom is 0.162 e. The van der Waals surface area contributed by atoms with E-state index in [-0.39, 0.29) is 0 Å². The number of hydrogen-bond acceptors (Lipinski definition) is 8. The monoisotopic (exact) mass is 670 g/mol. The molecule has 0 spiro atoms. The van der Waals surface area contributed by atoms with E-state index in [2.05, 4.69) is 31.9 Å². The number of benzene rings is 1. The highest BCUT2D eigenvalue weighted by atomic mass is 79.9. The van der Waals surface area contributed by atoms with Crippen molar-refractivity contribution in [3.63, 3.8) is 0 Å². The van der Waals surface area contributed by atoms with Gasteiger partial charge in [-0.3, -0.25) is 0 Å². The number of hydrogen-bond donors (Lipinski definition) is 0. The highest BCUT2D eigenvalue weighted by Crippen LogP contribution is 2.36. The standard InChI is InChI=1S/C28H48Br2O8/c1-31-15-17-35-21-19-33-11-7-3-5-9-13-37-27-23-25(29)26(30)24-28(27)38-14-10-6-4-8-12-34-20-22-36-18-16-32-2/h23-24H,3-22H2,1-2H3. The Kier molecular flexibility index (Phi) is 25.0. The predicted octanol–water partition coefficient (Wildman–Crippen LogP) is 6.45. The highest BCUT2D eigenvalue weighted by molar-refractivity contribution is 9.13. The molecule has 0 aromatic heterocycles. The van der Waals surface area contributed by atoms with Crippen molar-refractivity contribution in [1.82, 2.24) is 0 Å². The largest absolute Gasteiger partial charge is 0.490 e. The summed E-state index contributed by atoms with van der Waals surface area (Å²) in [6, 6.07) is 3.94. The lowest BCUT2D eigenvalue weighted by molar-refractivity contribution is 0.0239. The van der Waals surface area contributed by atoms with Gasteiger partial charge in [0.1, 0.15) is 0 Å². The molecule has 1 rings (SSSR count). The van der Waals surface area contributed by atoms with Crippen LogP contribution in [-0.2, 0) is 28.4 Å². The van der Waals surface area contributed by atoms with E-state index in [9.17, 15) is 0 Å². The summed E-state index contributed by atoms with van der Waals surface area (Å²) in [6.07, 6.45) is 8.53. The van der Waals surface area contributed by atoms with Crippen molar-refractivity contribution in [2.45, 2.75) is 51.4 Å². The molecule has 1 aromatic rings. The summed E-state index contributed by atoms with van der Waals surface area (Å²) in [5, 5.41) is 0. The molecule has 1 aromatic carbocycles. The summed E-state index contributed by atoms with van der Waals surface area (Å²) in [5.41, 5.74) is 0. The summed E-state index contributed by atoms with van der Waals surface area (Å²) in [6.45, 7) is 7.84. The molecular weight excluding hydrogens is 624 g/mol. The summed E-state index contributed by atoms with van der Waals surface area (Å²) < 4.78 is 45.8. The highest BCUT2D eigenvalue weighted by Gasteiger charge is 2.10. The van der Waals surface area contributed by atoms with Crippen molar-refractivity contribution in [3.05, 3.63) is 21.1 Å². The van der Waals surface area contributed by atoms with Gasteiger partial charge in [0.15, 0.2) is 11.5 Å². The minimum Gasteiger partial charge on any atom is -0.490 e. The van der Waals surface area contributed by atoms with Crippen LogP contribution in [0.5, 0.6) is 11.5 Å². The molecule has 0 bridgehead atoms. The Morgan fingerprint density at radius 1 is 0.421 bits per heavy atom. The fourth-order valence-electron chi connectivity index (χ4n) is 3.35. The SMILES string of the molecule is COCCOCCOCCCCCCOc1cc(Br)c(Br)cc1OCCCCCCOCCOCCOC. The Morgan fingerprint density at radius 2 is 0.737 bits per heavy atom. The van der Waals surface area contributed by atoms with Crippen LogP contribution in [0.3, 0.4) is 0 Å². The van der Waals surface area contributed by atoms with Crippen LogP contribution in [0.25, 0.3) is 0 Å². The van der Waals surface area contributed by atoms with E-state index in [0.717, 1.165) is 85.0 Å². The Bertz CT molecular complexity index is 611. The van der Waals surface area contributed by atoms with Crippen LogP contribution in [0.1, 0.15) is 51.4 Å². The average Bonchev–Trinajstić information content (AvgIpc) is 2.91. The summed E-state index contributed by atoms with van der Waals surface area (Å²) in [4.78, 5) is 0.